The van der Waals surface area contributed by atoms with Crippen LogP contribution in [-0.4, -0.2) is 0 Å². The van der Waals surface area contributed by atoms with Crippen LogP contribution in [0.15, 0.2) is 24.3 Å². The van der Waals surface area contributed by atoms with Crippen molar-refractivity contribution in [2.45, 2.75) is 38.5 Å². The van der Waals surface area contributed by atoms with Gasteiger partial charge in [0.2, 0.25) is 0 Å². The molecule has 1 aliphatic carbocycles. The van der Waals surface area contributed by atoms with E-state index in [9.17, 15) is 22.0 Å². The van der Waals surface area contributed by atoms with Crippen molar-refractivity contribution in [3.05, 3.63) is 58.9 Å². The molecule has 2 aromatic rings. The van der Waals surface area contributed by atoms with Crippen molar-refractivity contribution in [1.29, 1.82) is 0 Å². The third-order valence-corrected chi connectivity index (χ3v) is 4.82. The van der Waals surface area contributed by atoms with Gasteiger partial charge in [-0.05, 0) is 60.1 Å². The minimum Gasteiger partial charge on any atom is -0.206 e. The summed E-state index contributed by atoms with van der Waals surface area (Å²) >= 11 is 0. The van der Waals surface area contributed by atoms with Gasteiger partial charge in [-0.25, -0.2) is 22.0 Å². The zero-order chi connectivity index (χ0) is 17.4. The normalized spacial score (nSPS) is 21.1. The fourth-order valence-electron chi connectivity index (χ4n) is 3.40. The zero-order valence-electron chi connectivity index (χ0n) is 13.2. The van der Waals surface area contributed by atoms with Crippen molar-refractivity contribution < 1.29 is 23.4 Å². The standard InChI is InChI=1S/C19H17F5.H2/c1-10-2-4-11(5-3-10)12-6-14(20)18(15(21)7-12)13-8-16(22)19(24)17(23)9-13;/h6-11H,2-5H2,1H3;1H. The van der Waals surface area contributed by atoms with E-state index in [1.54, 1.807) is 0 Å². The minimum atomic E-state index is -1.66. The van der Waals surface area contributed by atoms with Crippen molar-refractivity contribution in [3.8, 4) is 11.1 Å². The third kappa shape index (κ3) is 3.17. The van der Waals surface area contributed by atoms with Crippen molar-refractivity contribution in [1.82, 2.24) is 0 Å². The number of halogens is 5. The number of hydrogen-bond acceptors (Lipinski definition) is 0. The lowest BCUT2D eigenvalue weighted by atomic mass is 9.79. The molecule has 0 bridgehead atoms. The summed E-state index contributed by atoms with van der Waals surface area (Å²) in [4.78, 5) is 0. The van der Waals surface area contributed by atoms with Crippen molar-refractivity contribution in [2.24, 2.45) is 5.92 Å². The SMILES string of the molecule is CC1CCC(c2cc(F)c(-c3cc(F)c(F)c(F)c3)c(F)c2)CC1.[HH]. The van der Waals surface area contributed by atoms with Crippen LogP contribution in [0.5, 0.6) is 0 Å². The smallest absolute Gasteiger partial charge is 0.194 e. The number of hydrogen-bond donors (Lipinski definition) is 0. The van der Waals surface area contributed by atoms with E-state index in [0.717, 1.165) is 25.7 Å². The quantitative estimate of drug-likeness (QED) is 0.427. The Balaban J connectivity index is 0.00000225. The molecule has 0 saturated heterocycles. The molecule has 24 heavy (non-hydrogen) atoms. The summed E-state index contributed by atoms with van der Waals surface area (Å²) in [6.45, 7) is 2.15. The van der Waals surface area contributed by atoms with Gasteiger partial charge in [-0.2, -0.15) is 0 Å². The Bertz CT molecular complexity index is 720. The van der Waals surface area contributed by atoms with Gasteiger partial charge in [0.1, 0.15) is 11.6 Å². The molecule has 0 radical (unpaired) electrons. The number of benzene rings is 2. The summed E-state index contributed by atoms with van der Waals surface area (Å²) in [6.07, 6.45) is 3.73. The fraction of sp³-hybridized carbons (Fsp3) is 0.368. The van der Waals surface area contributed by atoms with Crippen LogP contribution in [0.1, 0.15) is 45.5 Å². The van der Waals surface area contributed by atoms with E-state index in [4.69, 9.17) is 0 Å². The third-order valence-electron chi connectivity index (χ3n) is 4.82. The van der Waals surface area contributed by atoms with E-state index in [-0.39, 0.29) is 12.9 Å². The Kier molecular flexibility index (Phi) is 4.61. The van der Waals surface area contributed by atoms with Crippen LogP contribution in [0, 0.1) is 35.0 Å². The Morgan fingerprint density at radius 1 is 0.750 bits per heavy atom. The average molecular weight is 342 g/mol. The van der Waals surface area contributed by atoms with E-state index in [1.807, 2.05) is 0 Å². The van der Waals surface area contributed by atoms with Crippen LogP contribution in [-0.2, 0) is 0 Å². The van der Waals surface area contributed by atoms with E-state index in [0.29, 0.717) is 23.6 Å². The van der Waals surface area contributed by atoms with Gasteiger partial charge >= 0.3 is 0 Å². The largest absolute Gasteiger partial charge is 0.206 e. The fourth-order valence-corrected chi connectivity index (χ4v) is 3.40. The van der Waals surface area contributed by atoms with Crippen LogP contribution in [0.25, 0.3) is 11.1 Å². The summed E-state index contributed by atoms with van der Waals surface area (Å²) in [5.41, 5.74) is -0.338. The predicted molar refractivity (Wildman–Crippen MR) is 84.2 cm³/mol. The average Bonchev–Trinajstić information content (AvgIpc) is 2.52. The van der Waals surface area contributed by atoms with Gasteiger partial charge in [-0.1, -0.05) is 19.8 Å². The summed E-state index contributed by atoms with van der Waals surface area (Å²) in [6, 6.07) is 3.64. The van der Waals surface area contributed by atoms with Crippen molar-refractivity contribution in [3.63, 3.8) is 0 Å². The van der Waals surface area contributed by atoms with E-state index >= 15 is 0 Å². The Morgan fingerprint density at radius 3 is 1.75 bits per heavy atom. The van der Waals surface area contributed by atoms with Crippen molar-refractivity contribution in [2.75, 3.05) is 0 Å². The molecule has 3 rings (SSSR count). The molecule has 0 unspecified atom stereocenters. The summed E-state index contributed by atoms with van der Waals surface area (Å²) in [7, 11) is 0. The lowest BCUT2D eigenvalue weighted by Crippen LogP contribution is -2.11. The van der Waals surface area contributed by atoms with Gasteiger partial charge in [0.05, 0.1) is 5.56 Å². The second-order valence-corrected chi connectivity index (χ2v) is 6.57. The molecule has 5 heteroatoms. The van der Waals surface area contributed by atoms with Gasteiger partial charge in [-0.15, -0.1) is 0 Å². The molecule has 130 valence electrons. The molecule has 0 aliphatic heterocycles. The van der Waals surface area contributed by atoms with E-state index < -0.39 is 34.6 Å². The van der Waals surface area contributed by atoms with Gasteiger partial charge < -0.3 is 0 Å². The van der Waals surface area contributed by atoms with E-state index in [2.05, 4.69) is 6.92 Å². The summed E-state index contributed by atoms with van der Waals surface area (Å²) in [5.74, 6) is -5.71. The number of rotatable bonds is 2. The van der Waals surface area contributed by atoms with E-state index in [1.165, 1.54) is 12.1 Å². The molecule has 0 N–H and O–H groups in total. The molecule has 1 fully saturated rings. The van der Waals surface area contributed by atoms with Gasteiger partial charge in [0.25, 0.3) is 0 Å². The molecular formula is C19H19F5. The van der Waals surface area contributed by atoms with Crippen LogP contribution in [0.4, 0.5) is 22.0 Å². The molecule has 0 aromatic heterocycles. The van der Waals surface area contributed by atoms with Crippen LogP contribution in [0.3, 0.4) is 0 Å². The second kappa shape index (κ2) is 6.54. The predicted octanol–water partition coefficient (Wildman–Crippen LogP) is 6.59. The molecule has 0 spiro atoms. The topological polar surface area (TPSA) is 0 Å². The summed E-state index contributed by atoms with van der Waals surface area (Å²) < 4.78 is 68.5. The highest BCUT2D eigenvalue weighted by Crippen LogP contribution is 2.38. The first-order valence-electron chi connectivity index (χ1n) is 8.00. The molecule has 0 atom stereocenters. The molecule has 0 nitrogen and oxygen atoms in total. The highest BCUT2D eigenvalue weighted by molar-refractivity contribution is 5.65. The lowest BCUT2D eigenvalue weighted by molar-refractivity contribution is 0.346. The monoisotopic (exact) mass is 342 g/mol. The highest BCUT2D eigenvalue weighted by atomic mass is 19.2. The first kappa shape index (κ1) is 16.9. The molecule has 1 saturated carbocycles. The Hall–Kier alpha value is -1.91. The molecule has 2 aromatic carbocycles. The zero-order valence-corrected chi connectivity index (χ0v) is 13.2. The van der Waals surface area contributed by atoms with Gasteiger partial charge in [0, 0.05) is 1.43 Å². The maximum absolute atomic E-state index is 14.4. The minimum absolute atomic E-state index is 0. The van der Waals surface area contributed by atoms with Crippen molar-refractivity contribution >= 4 is 0 Å². The molecule has 0 heterocycles. The van der Waals surface area contributed by atoms with Crippen LogP contribution < -0.4 is 0 Å². The second-order valence-electron chi connectivity index (χ2n) is 6.57. The Morgan fingerprint density at radius 2 is 1.25 bits per heavy atom. The van der Waals surface area contributed by atoms with Gasteiger partial charge in [-0.3, -0.25) is 0 Å². The lowest BCUT2D eigenvalue weighted by Gasteiger charge is -2.26. The maximum Gasteiger partial charge on any atom is 0.194 e. The maximum atomic E-state index is 14.4. The molecular weight excluding hydrogens is 323 g/mol. The molecule has 1 aliphatic rings. The highest BCUT2D eigenvalue weighted by Gasteiger charge is 2.23. The van der Waals surface area contributed by atoms with Crippen LogP contribution in [0.2, 0.25) is 0 Å². The Labute approximate surface area is 138 Å². The van der Waals surface area contributed by atoms with Gasteiger partial charge in [0.15, 0.2) is 17.5 Å². The first-order valence-corrected chi connectivity index (χ1v) is 8.00. The summed E-state index contributed by atoms with van der Waals surface area (Å²) in [5, 5.41) is 0. The molecule has 0 amide bonds. The first-order chi connectivity index (χ1) is 11.4. The van der Waals surface area contributed by atoms with Crippen LogP contribution >= 0.6 is 0 Å².